The molecule has 1 aliphatic heterocycles. The van der Waals surface area contributed by atoms with Crippen molar-refractivity contribution in [3.05, 3.63) is 71.8 Å². The molecule has 4 rings (SSSR count). The second-order valence-corrected chi connectivity index (χ2v) is 7.13. The molecule has 0 radical (unpaired) electrons. The van der Waals surface area contributed by atoms with E-state index >= 15 is 0 Å². The number of carbonyl (C=O) groups is 2. The fourth-order valence-corrected chi connectivity index (χ4v) is 4.09. The molecule has 1 aliphatic rings. The number of nitrogens with zero attached hydrogens (tertiary/aromatic N) is 2. The molecule has 0 saturated heterocycles. The van der Waals surface area contributed by atoms with Gasteiger partial charge >= 0.3 is 0 Å². The van der Waals surface area contributed by atoms with E-state index in [0.717, 1.165) is 15.5 Å². The Morgan fingerprint density at radius 1 is 1.22 bits per heavy atom. The second-order valence-electron chi connectivity index (χ2n) is 6.05. The van der Waals surface area contributed by atoms with Gasteiger partial charge in [-0.15, -0.1) is 0 Å². The number of benzene rings is 2. The van der Waals surface area contributed by atoms with Crippen molar-refractivity contribution in [1.29, 1.82) is 0 Å². The maximum absolute atomic E-state index is 13.0. The fourth-order valence-electron chi connectivity index (χ4n) is 3.04. The summed E-state index contributed by atoms with van der Waals surface area (Å²) in [5.74, 6) is 0.437. The predicted octanol–water partition coefficient (Wildman–Crippen LogP) is 3.47. The van der Waals surface area contributed by atoms with Gasteiger partial charge in [0, 0.05) is 34.3 Å². The van der Waals surface area contributed by atoms with Crippen LogP contribution in [0.4, 0.5) is 5.69 Å². The van der Waals surface area contributed by atoms with Crippen LogP contribution in [-0.4, -0.2) is 28.3 Å². The minimum atomic E-state index is -0.204. The highest BCUT2D eigenvalue weighted by Gasteiger charge is 2.26. The quantitative estimate of drug-likeness (QED) is 0.729. The van der Waals surface area contributed by atoms with Crippen LogP contribution < -0.4 is 10.2 Å². The molecule has 2 amide bonds. The number of fused-ring (bicyclic) bond motifs is 2. The first-order chi connectivity index (χ1) is 13.2. The normalized spacial score (nSPS) is 12.9. The molecule has 2 aromatic carbocycles. The van der Waals surface area contributed by atoms with Crippen molar-refractivity contribution in [3.63, 3.8) is 0 Å². The van der Waals surface area contributed by atoms with Crippen molar-refractivity contribution >= 4 is 29.3 Å². The van der Waals surface area contributed by atoms with Crippen molar-refractivity contribution in [3.8, 4) is 0 Å². The smallest absolute Gasteiger partial charge is 0.259 e. The molecule has 2 heterocycles. The molecule has 3 aromatic rings. The van der Waals surface area contributed by atoms with E-state index in [4.69, 9.17) is 0 Å². The van der Waals surface area contributed by atoms with E-state index in [1.807, 2.05) is 37.3 Å². The number of imidazole rings is 1. The lowest BCUT2D eigenvalue weighted by molar-refractivity contribution is 0.0947. The van der Waals surface area contributed by atoms with Crippen LogP contribution in [0.25, 0.3) is 0 Å². The van der Waals surface area contributed by atoms with Crippen LogP contribution in [0.2, 0.25) is 0 Å². The molecule has 0 atom stereocenters. The van der Waals surface area contributed by atoms with Gasteiger partial charge in [-0.1, -0.05) is 23.9 Å². The number of rotatable bonds is 4. The highest BCUT2D eigenvalue weighted by molar-refractivity contribution is 7.99. The third-order valence-electron chi connectivity index (χ3n) is 4.38. The number of aromatic amines is 1. The minimum absolute atomic E-state index is 0.0486. The fraction of sp³-hybridized carbons (Fsp3) is 0.150. The van der Waals surface area contributed by atoms with Crippen LogP contribution in [0.15, 0.2) is 64.6 Å². The summed E-state index contributed by atoms with van der Waals surface area (Å²) in [5.41, 5.74) is 1.96. The molecule has 136 valence electrons. The van der Waals surface area contributed by atoms with Gasteiger partial charge in [0.1, 0.15) is 5.82 Å². The summed E-state index contributed by atoms with van der Waals surface area (Å²) in [7, 11) is 0. The molecular weight excluding hydrogens is 360 g/mol. The Kier molecular flexibility index (Phi) is 4.68. The van der Waals surface area contributed by atoms with Gasteiger partial charge in [0.2, 0.25) is 0 Å². The van der Waals surface area contributed by atoms with E-state index < -0.39 is 0 Å². The number of carbonyl (C=O) groups excluding carboxylic acids is 2. The molecule has 1 aromatic heterocycles. The summed E-state index contributed by atoms with van der Waals surface area (Å²) in [6.07, 6.45) is 3.35. The lowest BCUT2D eigenvalue weighted by atomic mass is 10.1. The average Bonchev–Trinajstić information content (AvgIpc) is 3.17. The molecular formula is C20H18N4O2S. The molecule has 0 spiro atoms. The first-order valence-corrected chi connectivity index (χ1v) is 9.48. The molecule has 2 N–H and O–H groups in total. The zero-order chi connectivity index (χ0) is 18.8. The SMILES string of the molecule is CCN1C(=O)c2ccccc2Sc2ccc(C(=O)NCc3ncc[nH]3)cc21. The Hall–Kier alpha value is -3.06. The number of anilines is 1. The number of amides is 2. The highest BCUT2D eigenvalue weighted by Crippen LogP contribution is 2.41. The van der Waals surface area contributed by atoms with Crippen LogP contribution in [0, 0.1) is 0 Å². The van der Waals surface area contributed by atoms with Crippen LogP contribution in [0.1, 0.15) is 33.5 Å². The zero-order valence-corrected chi connectivity index (χ0v) is 15.5. The van der Waals surface area contributed by atoms with Gasteiger partial charge < -0.3 is 15.2 Å². The topological polar surface area (TPSA) is 78.1 Å². The summed E-state index contributed by atoms with van der Waals surface area (Å²) in [4.78, 5) is 36.2. The first-order valence-electron chi connectivity index (χ1n) is 8.66. The molecule has 0 fully saturated rings. The van der Waals surface area contributed by atoms with E-state index in [1.165, 1.54) is 0 Å². The zero-order valence-electron chi connectivity index (χ0n) is 14.7. The third-order valence-corrected chi connectivity index (χ3v) is 5.52. The molecule has 0 aliphatic carbocycles. The number of hydrogen-bond donors (Lipinski definition) is 2. The molecule has 7 heteroatoms. The van der Waals surface area contributed by atoms with E-state index in [0.29, 0.717) is 30.0 Å². The molecule has 0 unspecified atom stereocenters. The molecule has 6 nitrogen and oxygen atoms in total. The van der Waals surface area contributed by atoms with Gasteiger partial charge in [0.15, 0.2) is 0 Å². The lowest BCUT2D eigenvalue weighted by Crippen LogP contribution is -2.31. The van der Waals surface area contributed by atoms with Gasteiger partial charge in [-0.05, 0) is 37.3 Å². The summed E-state index contributed by atoms with van der Waals surface area (Å²) in [6.45, 7) is 2.78. The van der Waals surface area contributed by atoms with Crippen molar-refractivity contribution in [2.45, 2.75) is 23.3 Å². The third kappa shape index (κ3) is 3.33. The van der Waals surface area contributed by atoms with Crippen molar-refractivity contribution in [2.24, 2.45) is 0 Å². The Bertz CT molecular complexity index is 1000. The summed E-state index contributed by atoms with van der Waals surface area (Å²) >= 11 is 1.55. The largest absolute Gasteiger partial charge is 0.347 e. The molecule has 0 bridgehead atoms. The van der Waals surface area contributed by atoms with Gasteiger partial charge in [-0.3, -0.25) is 9.59 Å². The Morgan fingerprint density at radius 3 is 2.85 bits per heavy atom. The second kappa shape index (κ2) is 7.28. The maximum atomic E-state index is 13.0. The van der Waals surface area contributed by atoms with Crippen LogP contribution >= 0.6 is 11.8 Å². The summed E-state index contributed by atoms with van der Waals surface area (Å²) in [6, 6.07) is 13.1. The van der Waals surface area contributed by atoms with Gasteiger partial charge in [-0.2, -0.15) is 0 Å². The minimum Gasteiger partial charge on any atom is -0.347 e. The summed E-state index contributed by atoms with van der Waals surface area (Å²) < 4.78 is 0. The highest BCUT2D eigenvalue weighted by atomic mass is 32.2. The van der Waals surface area contributed by atoms with Crippen molar-refractivity contribution in [2.75, 3.05) is 11.4 Å². The maximum Gasteiger partial charge on any atom is 0.259 e. The van der Waals surface area contributed by atoms with Crippen molar-refractivity contribution in [1.82, 2.24) is 15.3 Å². The predicted molar refractivity (Wildman–Crippen MR) is 104 cm³/mol. The summed E-state index contributed by atoms with van der Waals surface area (Å²) in [5, 5.41) is 2.84. The van der Waals surface area contributed by atoms with Crippen LogP contribution in [0.5, 0.6) is 0 Å². The number of aromatic nitrogens is 2. The van der Waals surface area contributed by atoms with Gasteiger partial charge in [0.25, 0.3) is 11.8 Å². The van der Waals surface area contributed by atoms with Gasteiger partial charge in [-0.25, -0.2) is 4.98 Å². The molecule has 27 heavy (non-hydrogen) atoms. The van der Waals surface area contributed by atoms with Crippen molar-refractivity contribution < 1.29 is 9.59 Å². The lowest BCUT2D eigenvalue weighted by Gasteiger charge is -2.21. The van der Waals surface area contributed by atoms with E-state index in [-0.39, 0.29) is 11.8 Å². The van der Waals surface area contributed by atoms with E-state index in [2.05, 4.69) is 15.3 Å². The Labute approximate surface area is 161 Å². The average molecular weight is 378 g/mol. The van der Waals surface area contributed by atoms with E-state index in [1.54, 1.807) is 41.2 Å². The monoisotopic (exact) mass is 378 g/mol. The Balaban J connectivity index is 1.65. The number of H-pyrrole nitrogens is 1. The van der Waals surface area contributed by atoms with Crippen LogP contribution in [0.3, 0.4) is 0 Å². The van der Waals surface area contributed by atoms with E-state index in [9.17, 15) is 9.59 Å². The number of nitrogens with one attached hydrogen (secondary N) is 2. The number of hydrogen-bond acceptors (Lipinski definition) is 4. The first kappa shape index (κ1) is 17.4. The molecule has 0 saturated carbocycles. The standard InChI is InChI=1S/C20H18N4O2S/c1-2-24-15-11-13(19(25)23-12-18-21-9-10-22-18)7-8-17(15)27-16-6-4-3-5-14(16)20(24)26/h3-11H,2,12H2,1H3,(H,21,22)(H,23,25). The van der Waals surface area contributed by atoms with Gasteiger partial charge in [0.05, 0.1) is 17.8 Å². The Morgan fingerprint density at radius 2 is 2.07 bits per heavy atom. The van der Waals surface area contributed by atoms with Crippen LogP contribution in [-0.2, 0) is 6.54 Å².